The van der Waals surface area contributed by atoms with Gasteiger partial charge >= 0.3 is 0 Å². The van der Waals surface area contributed by atoms with Gasteiger partial charge in [-0.1, -0.05) is 39.0 Å². The van der Waals surface area contributed by atoms with Gasteiger partial charge in [-0.25, -0.2) is 0 Å². The lowest BCUT2D eigenvalue weighted by Gasteiger charge is -2.21. The first-order valence-electron chi connectivity index (χ1n) is 7.59. The minimum absolute atomic E-state index is 0.221. The highest BCUT2D eigenvalue weighted by Crippen LogP contribution is 2.28. The second-order valence-electron chi connectivity index (χ2n) is 5.22. The molecule has 0 saturated carbocycles. The van der Waals surface area contributed by atoms with Crippen molar-refractivity contribution in [3.05, 3.63) is 58.5 Å². The molecule has 1 aromatic carbocycles. The smallest absolute Gasteiger partial charge is 0.101 e. The number of furan rings is 1. The lowest BCUT2D eigenvalue weighted by atomic mass is 9.92. The van der Waals surface area contributed by atoms with Gasteiger partial charge in [0.15, 0.2) is 0 Å². The molecular weight excluding hydrogens is 246 g/mol. The van der Waals surface area contributed by atoms with Crippen LogP contribution in [-0.2, 0) is 12.8 Å². The van der Waals surface area contributed by atoms with E-state index in [1.54, 1.807) is 0 Å². The Hall–Kier alpha value is -1.54. The third kappa shape index (κ3) is 3.13. The minimum Gasteiger partial charge on any atom is -0.469 e. The maximum Gasteiger partial charge on any atom is 0.101 e. The molecule has 2 heteroatoms. The largest absolute Gasteiger partial charge is 0.469 e. The molecule has 1 heterocycles. The molecule has 0 aliphatic heterocycles. The van der Waals surface area contributed by atoms with Gasteiger partial charge in [0.2, 0.25) is 0 Å². The van der Waals surface area contributed by atoms with E-state index >= 15 is 0 Å². The fourth-order valence-electron chi connectivity index (χ4n) is 2.68. The van der Waals surface area contributed by atoms with Crippen LogP contribution >= 0.6 is 0 Å². The molecule has 20 heavy (non-hydrogen) atoms. The quantitative estimate of drug-likeness (QED) is 0.841. The van der Waals surface area contributed by atoms with Crippen LogP contribution in [0.25, 0.3) is 0 Å². The van der Waals surface area contributed by atoms with Gasteiger partial charge in [-0.3, -0.25) is 0 Å². The van der Waals surface area contributed by atoms with E-state index in [1.807, 2.05) is 13.2 Å². The van der Waals surface area contributed by atoms with Crippen LogP contribution in [0.4, 0.5) is 0 Å². The van der Waals surface area contributed by atoms with Crippen LogP contribution in [-0.4, -0.2) is 6.54 Å². The Morgan fingerprint density at radius 3 is 2.45 bits per heavy atom. The summed E-state index contributed by atoms with van der Waals surface area (Å²) in [7, 11) is 0. The third-order valence-electron chi connectivity index (χ3n) is 3.80. The van der Waals surface area contributed by atoms with Crippen molar-refractivity contribution in [2.75, 3.05) is 6.54 Å². The Kier molecular flexibility index (Phi) is 5.02. The van der Waals surface area contributed by atoms with Gasteiger partial charge in [0.05, 0.1) is 12.3 Å². The first kappa shape index (κ1) is 14.9. The van der Waals surface area contributed by atoms with E-state index in [-0.39, 0.29) is 6.04 Å². The van der Waals surface area contributed by atoms with Gasteiger partial charge in [-0.2, -0.15) is 0 Å². The lowest BCUT2D eigenvalue weighted by Crippen LogP contribution is -2.23. The zero-order valence-electron chi connectivity index (χ0n) is 13.0. The van der Waals surface area contributed by atoms with Gasteiger partial charge in [0.25, 0.3) is 0 Å². The van der Waals surface area contributed by atoms with Crippen molar-refractivity contribution < 1.29 is 4.42 Å². The molecule has 0 spiro atoms. The van der Waals surface area contributed by atoms with Crippen molar-refractivity contribution >= 4 is 0 Å². The molecule has 0 bridgehead atoms. The zero-order valence-corrected chi connectivity index (χ0v) is 13.0. The van der Waals surface area contributed by atoms with E-state index in [2.05, 4.69) is 50.4 Å². The maximum absolute atomic E-state index is 5.50. The summed E-state index contributed by atoms with van der Waals surface area (Å²) < 4.78 is 5.50. The molecule has 0 amide bonds. The normalized spacial score (nSPS) is 12.6. The third-order valence-corrected chi connectivity index (χ3v) is 3.80. The van der Waals surface area contributed by atoms with Crippen molar-refractivity contribution in [3.8, 4) is 0 Å². The Morgan fingerprint density at radius 1 is 1.10 bits per heavy atom. The second kappa shape index (κ2) is 6.76. The number of nitrogens with one attached hydrogen (secondary N) is 1. The average molecular weight is 271 g/mol. The van der Waals surface area contributed by atoms with E-state index in [4.69, 9.17) is 4.42 Å². The van der Waals surface area contributed by atoms with Gasteiger partial charge in [0, 0.05) is 5.56 Å². The predicted octanol–water partition coefficient (Wildman–Crippen LogP) is 4.41. The highest BCUT2D eigenvalue weighted by Gasteiger charge is 2.18. The summed E-state index contributed by atoms with van der Waals surface area (Å²) >= 11 is 0. The predicted molar refractivity (Wildman–Crippen MR) is 84.2 cm³/mol. The molecule has 2 nitrogen and oxygen atoms in total. The molecule has 0 radical (unpaired) electrons. The van der Waals surface area contributed by atoms with Gasteiger partial charge in [0.1, 0.15) is 5.76 Å². The fourth-order valence-corrected chi connectivity index (χ4v) is 2.68. The highest BCUT2D eigenvalue weighted by molar-refractivity contribution is 5.40. The SMILES string of the molecule is CCNC(c1coc(C)c1)c1cc(CC)ccc1CC. The molecule has 0 aliphatic carbocycles. The van der Waals surface area contributed by atoms with Crippen molar-refractivity contribution in [3.63, 3.8) is 0 Å². The first-order valence-corrected chi connectivity index (χ1v) is 7.59. The van der Waals surface area contributed by atoms with Gasteiger partial charge < -0.3 is 9.73 Å². The Balaban J connectivity index is 2.47. The molecular formula is C18H25NO. The van der Waals surface area contributed by atoms with Gasteiger partial charge in [-0.05, 0) is 49.1 Å². The van der Waals surface area contributed by atoms with Crippen LogP contribution in [0.5, 0.6) is 0 Å². The highest BCUT2D eigenvalue weighted by atomic mass is 16.3. The molecule has 0 fully saturated rings. The second-order valence-corrected chi connectivity index (χ2v) is 5.22. The van der Waals surface area contributed by atoms with Crippen molar-refractivity contribution in [2.24, 2.45) is 0 Å². The number of rotatable bonds is 6. The van der Waals surface area contributed by atoms with Crippen LogP contribution in [0.2, 0.25) is 0 Å². The zero-order chi connectivity index (χ0) is 14.5. The van der Waals surface area contributed by atoms with Crippen molar-refractivity contribution in [2.45, 2.75) is 46.6 Å². The molecule has 1 atom stereocenters. The fraction of sp³-hybridized carbons (Fsp3) is 0.444. The van der Waals surface area contributed by atoms with Crippen LogP contribution in [0.15, 0.2) is 34.9 Å². The van der Waals surface area contributed by atoms with Crippen molar-refractivity contribution in [1.82, 2.24) is 5.32 Å². The summed E-state index contributed by atoms with van der Waals surface area (Å²) in [6.07, 6.45) is 4.00. The Bertz CT molecular complexity index is 556. The number of benzene rings is 1. The summed E-state index contributed by atoms with van der Waals surface area (Å²) in [5, 5.41) is 3.59. The van der Waals surface area contributed by atoms with E-state index in [0.717, 1.165) is 25.1 Å². The molecule has 1 aromatic heterocycles. The Labute approximate surface area is 122 Å². The van der Waals surface area contributed by atoms with Crippen LogP contribution < -0.4 is 5.32 Å². The summed E-state index contributed by atoms with van der Waals surface area (Å²) in [6.45, 7) is 9.50. The summed E-state index contributed by atoms with van der Waals surface area (Å²) in [4.78, 5) is 0. The first-order chi connectivity index (χ1) is 9.69. The monoisotopic (exact) mass is 271 g/mol. The van der Waals surface area contributed by atoms with E-state index in [0.29, 0.717) is 0 Å². The van der Waals surface area contributed by atoms with E-state index < -0.39 is 0 Å². The average Bonchev–Trinajstić information content (AvgIpc) is 2.90. The van der Waals surface area contributed by atoms with E-state index in [9.17, 15) is 0 Å². The number of aryl methyl sites for hydroxylation is 3. The summed E-state index contributed by atoms with van der Waals surface area (Å²) in [5.74, 6) is 0.965. The number of hydrogen-bond acceptors (Lipinski definition) is 2. The van der Waals surface area contributed by atoms with E-state index in [1.165, 1.54) is 22.3 Å². The minimum atomic E-state index is 0.221. The summed E-state index contributed by atoms with van der Waals surface area (Å²) in [6, 6.07) is 9.20. The standard InChI is InChI=1S/C18H25NO/c1-5-14-8-9-15(6-2)17(11-14)18(19-7-3)16-10-13(4)20-12-16/h8-12,18-19H,5-7H2,1-4H3. The van der Waals surface area contributed by atoms with Crippen LogP contribution in [0.1, 0.15) is 54.8 Å². The molecule has 2 aromatic rings. The molecule has 0 aliphatic rings. The molecule has 2 rings (SSSR count). The number of hydrogen-bond donors (Lipinski definition) is 1. The van der Waals surface area contributed by atoms with Crippen molar-refractivity contribution in [1.29, 1.82) is 0 Å². The maximum atomic E-state index is 5.50. The summed E-state index contributed by atoms with van der Waals surface area (Å²) in [5.41, 5.74) is 5.40. The molecule has 0 saturated heterocycles. The van der Waals surface area contributed by atoms with Crippen LogP contribution in [0.3, 0.4) is 0 Å². The molecule has 108 valence electrons. The topological polar surface area (TPSA) is 25.2 Å². The van der Waals surface area contributed by atoms with Crippen LogP contribution in [0, 0.1) is 6.92 Å². The lowest BCUT2D eigenvalue weighted by molar-refractivity contribution is 0.525. The Morgan fingerprint density at radius 2 is 1.90 bits per heavy atom. The molecule has 1 unspecified atom stereocenters. The van der Waals surface area contributed by atoms with Gasteiger partial charge in [-0.15, -0.1) is 0 Å². The molecule has 1 N–H and O–H groups in total.